The van der Waals surface area contributed by atoms with Crippen LogP contribution in [0.1, 0.15) is 44.5 Å². The lowest BCUT2D eigenvalue weighted by Crippen LogP contribution is -2.35. The molecule has 0 saturated heterocycles. The quantitative estimate of drug-likeness (QED) is 0.812. The minimum atomic E-state index is -0.695. The van der Waals surface area contributed by atoms with E-state index in [0.29, 0.717) is 12.0 Å². The number of ketones is 1. The van der Waals surface area contributed by atoms with Crippen molar-refractivity contribution >= 4 is 5.78 Å². The highest BCUT2D eigenvalue weighted by atomic mass is 16.3. The van der Waals surface area contributed by atoms with E-state index in [1.807, 2.05) is 25.1 Å². The second-order valence-electron chi connectivity index (χ2n) is 6.15. The fraction of sp³-hybridized carbons (Fsp3) is 0.533. The van der Waals surface area contributed by atoms with Crippen molar-refractivity contribution in [2.75, 3.05) is 6.61 Å². The van der Waals surface area contributed by atoms with Gasteiger partial charge in [0.1, 0.15) is 0 Å². The Bertz CT molecular complexity index is 376. The summed E-state index contributed by atoms with van der Waals surface area (Å²) in [5.74, 6) is 0.0236. The summed E-state index contributed by atoms with van der Waals surface area (Å²) in [4.78, 5) is 12.4. The second-order valence-corrected chi connectivity index (χ2v) is 6.15. The highest BCUT2D eigenvalue weighted by Crippen LogP contribution is 2.35. The Labute approximate surface area is 104 Å². The van der Waals surface area contributed by atoms with Gasteiger partial charge in [-0.05, 0) is 11.8 Å². The fourth-order valence-electron chi connectivity index (χ4n) is 2.32. The highest BCUT2D eigenvalue weighted by Gasteiger charge is 2.36. The Morgan fingerprint density at radius 2 is 1.65 bits per heavy atom. The van der Waals surface area contributed by atoms with Gasteiger partial charge >= 0.3 is 0 Å². The van der Waals surface area contributed by atoms with Crippen molar-refractivity contribution in [2.24, 2.45) is 10.8 Å². The van der Waals surface area contributed by atoms with Gasteiger partial charge in [-0.15, -0.1) is 0 Å². The zero-order valence-electron chi connectivity index (χ0n) is 11.2. The van der Waals surface area contributed by atoms with Gasteiger partial charge in [0, 0.05) is 5.56 Å². The molecule has 17 heavy (non-hydrogen) atoms. The van der Waals surface area contributed by atoms with Gasteiger partial charge in [-0.3, -0.25) is 4.79 Å². The molecule has 1 N–H and O–H groups in total. The first-order valence-electron chi connectivity index (χ1n) is 5.99. The van der Waals surface area contributed by atoms with Crippen LogP contribution in [0.3, 0.4) is 0 Å². The van der Waals surface area contributed by atoms with Crippen LogP contribution in [0, 0.1) is 10.8 Å². The molecule has 2 heteroatoms. The largest absolute Gasteiger partial charge is 0.395 e. The first-order valence-corrected chi connectivity index (χ1v) is 5.99. The van der Waals surface area contributed by atoms with E-state index in [-0.39, 0.29) is 17.8 Å². The summed E-state index contributed by atoms with van der Waals surface area (Å²) in [6, 6.07) is 9.19. The fourth-order valence-corrected chi connectivity index (χ4v) is 2.32. The van der Waals surface area contributed by atoms with E-state index >= 15 is 0 Å². The molecule has 1 rings (SSSR count). The lowest BCUT2D eigenvalue weighted by atomic mass is 9.71. The molecule has 1 unspecified atom stereocenters. The summed E-state index contributed by atoms with van der Waals surface area (Å²) >= 11 is 0. The van der Waals surface area contributed by atoms with Gasteiger partial charge in [-0.25, -0.2) is 0 Å². The molecule has 0 bridgehead atoms. The summed E-state index contributed by atoms with van der Waals surface area (Å²) < 4.78 is 0. The molecule has 0 aliphatic carbocycles. The number of aliphatic hydroxyl groups is 1. The molecule has 0 aromatic heterocycles. The maximum atomic E-state index is 12.4. The Morgan fingerprint density at radius 1 is 1.12 bits per heavy atom. The molecule has 0 fully saturated rings. The third-order valence-corrected chi connectivity index (χ3v) is 2.85. The van der Waals surface area contributed by atoms with Crippen LogP contribution in [0.2, 0.25) is 0 Å². The number of benzene rings is 1. The minimum Gasteiger partial charge on any atom is -0.395 e. The standard InChI is InChI=1S/C15H22O2/c1-14(2,3)10-15(4,11-16)13(17)12-8-6-5-7-9-12/h5-9,16H,10-11H2,1-4H3. The minimum absolute atomic E-state index is 0.0158. The van der Waals surface area contributed by atoms with Crippen LogP contribution in [-0.4, -0.2) is 17.5 Å². The van der Waals surface area contributed by atoms with Crippen molar-refractivity contribution in [3.8, 4) is 0 Å². The molecular formula is C15H22O2. The molecular weight excluding hydrogens is 212 g/mol. The number of hydrogen-bond donors (Lipinski definition) is 1. The summed E-state index contributed by atoms with van der Waals surface area (Å²) in [6.07, 6.45) is 0.671. The first kappa shape index (κ1) is 13.9. The number of aliphatic hydroxyl groups excluding tert-OH is 1. The molecule has 2 nitrogen and oxygen atoms in total. The van der Waals surface area contributed by atoms with Crippen molar-refractivity contribution in [3.63, 3.8) is 0 Å². The third kappa shape index (κ3) is 3.67. The smallest absolute Gasteiger partial charge is 0.171 e. The van der Waals surface area contributed by atoms with Crippen LogP contribution < -0.4 is 0 Å². The molecule has 1 aromatic rings. The molecule has 1 atom stereocenters. The topological polar surface area (TPSA) is 37.3 Å². The van der Waals surface area contributed by atoms with Gasteiger partial charge < -0.3 is 5.11 Å². The molecule has 0 amide bonds. The van der Waals surface area contributed by atoms with E-state index in [1.54, 1.807) is 12.1 Å². The van der Waals surface area contributed by atoms with Crippen molar-refractivity contribution in [1.29, 1.82) is 0 Å². The van der Waals surface area contributed by atoms with E-state index in [0.717, 1.165) is 0 Å². The zero-order valence-corrected chi connectivity index (χ0v) is 11.2. The Hall–Kier alpha value is -1.15. The monoisotopic (exact) mass is 234 g/mol. The molecule has 0 aliphatic rings. The molecule has 1 aromatic carbocycles. The van der Waals surface area contributed by atoms with Gasteiger partial charge in [0.2, 0.25) is 0 Å². The average Bonchev–Trinajstić information content (AvgIpc) is 2.27. The molecule has 0 radical (unpaired) electrons. The lowest BCUT2D eigenvalue weighted by molar-refractivity contribution is 0.0557. The van der Waals surface area contributed by atoms with Crippen molar-refractivity contribution in [2.45, 2.75) is 34.1 Å². The van der Waals surface area contributed by atoms with E-state index in [9.17, 15) is 9.90 Å². The molecule has 0 heterocycles. The van der Waals surface area contributed by atoms with Gasteiger partial charge in [0.25, 0.3) is 0 Å². The Kier molecular flexibility index (Phi) is 4.10. The van der Waals surface area contributed by atoms with E-state index in [1.165, 1.54) is 0 Å². The van der Waals surface area contributed by atoms with Crippen molar-refractivity contribution < 1.29 is 9.90 Å². The molecule has 0 saturated carbocycles. The zero-order chi connectivity index (χ0) is 13.1. The summed E-state index contributed by atoms with van der Waals surface area (Å²) in [7, 11) is 0. The van der Waals surface area contributed by atoms with Crippen LogP contribution in [-0.2, 0) is 0 Å². The lowest BCUT2D eigenvalue weighted by Gasteiger charge is -2.32. The van der Waals surface area contributed by atoms with E-state index < -0.39 is 5.41 Å². The van der Waals surface area contributed by atoms with Gasteiger partial charge in [-0.1, -0.05) is 58.0 Å². The number of rotatable bonds is 4. The van der Waals surface area contributed by atoms with E-state index in [4.69, 9.17) is 0 Å². The second kappa shape index (κ2) is 5.01. The maximum Gasteiger partial charge on any atom is 0.171 e. The molecule has 94 valence electrons. The van der Waals surface area contributed by atoms with E-state index in [2.05, 4.69) is 20.8 Å². The Balaban J connectivity index is 2.98. The van der Waals surface area contributed by atoms with Crippen molar-refractivity contribution in [1.82, 2.24) is 0 Å². The number of carbonyl (C=O) groups is 1. The number of Topliss-reactive ketones (excluding diaryl/α,β-unsaturated/α-hetero) is 1. The predicted molar refractivity (Wildman–Crippen MR) is 70.0 cm³/mol. The molecule has 0 spiro atoms. The van der Waals surface area contributed by atoms with Crippen LogP contribution in [0.25, 0.3) is 0 Å². The maximum absolute atomic E-state index is 12.4. The summed E-state index contributed by atoms with van der Waals surface area (Å²) in [5.41, 5.74) is -0.00469. The third-order valence-electron chi connectivity index (χ3n) is 2.85. The predicted octanol–water partition coefficient (Wildman–Crippen LogP) is 3.30. The van der Waals surface area contributed by atoms with Gasteiger partial charge in [0.05, 0.1) is 12.0 Å². The summed E-state index contributed by atoms with van der Waals surface area (Å²) in [6.45, 7) is 7.98. The van der Waals surface area contributed by atoms with Crippen LogP contribution >= 0.6 is 0 Å². The first-order chi connectivity index (χ1) is 7.78. The number of carbonyl (C=O) groups excluding carboxylic acids is 1. The van der Waals surface area contributed by atoms with Gasteiger partial charge in [-0.2, -0.15) is 0 Å². The van der Waals surface area contributed by atoms with Crippen LogP contribution in [0.15, 0.2) is 30.3 Å². The SMILES string of the molecule is CC(C)(C)CC(C)(CO)C(=O)c1ccccc1. The normalized spacial score (nSPS) is 15.4. The van der Waals surface area contributed by atoms with Crippen LogP contribution in [0.5, 0.6) is 0 Å². The molecule has 0 aliphatic heterocycles. The summed E-state index contributed by atoms with van der Waals surface area (Å²) in [5, 5.41) is 9.56. The number of hydrogen-bond acceptors (Lipinski definition) is 2. The highest BCUT2D eigenvalue weighted by molar-refractivity contribution is 6.00. The van der Waals surface area contributed by atoms with Gasteiger partial charge in [0.15, 0.2) is 5.78 Å². The average molecular weight is 234 g/mol. The Morgan fingerprint density at radius 3 is 2.06 bits per heavy atom. The van der Waals surface area contributed by atoms with Crippen molar-refractivity contribution in [3.05, 3.63) is 35.9 Å². The van der Waals surface area contributed by atoms with Crippen LogP contribution in [0.4, 0.5) is 0 Å².